The predicted molar refractivity (Wildman–Crippen MR) is 41.6 cm³/mol. The van der Waals surface area contributed by atoms with Crippen molar-refractivity contribution in [1.29, 1.82) is 0 Å². The first-order chi connectivity index (χ1) is 6.02. The van der Waals surface area contributed by atoms with Gasteiger partial charge in [0.25, 0.3) is 0 Å². The molecule has 1 heterocycles. The van der Waals surface area contributed by atoms with E-state index in [1.54, 1.807) is 0 Å². The van der Waals surface area contributed by atoms with Crippen LogP contribution in [-0.4, -0.2) is 52.4 Å². The van der Waals surface area contributed by atoms with Crippen LogP contribution in [0.3, 0.4) is 0 Å². The van der Waals surface area contributed by atoms with Gasteiger partial charge in [0.2, 0.25) is 5.91 Å². The molecule has 1 aliphatic heterocycles. The summed E-state index contributed by atoms with van der Waals surface area (Å²) in [4.78, 5) is 10.7. The highest BCUT2D eigenvalue weighted by molar-refractivity contribution is 5.73. The van der Waals surface area contributed by atoms with E-state index in [0.29, 0.717) is 0 Å². The van der Waals surface area contributed by atoms with E-state index in [0.717, 1.165) is 0 Å². The molecule has 0 aromatic heterocycles. The number of ether oxygens (including phenoxy) is 1. The Morgan fingerprint density at radius 2 is 2.08 bits per heavy atom. The van der Waals surface area contributed by atoms with Gasteiger partial charge in [0.1, 0.15) is 12.2 Å². The minimum Gasteiger partial charge on any atom is -0.388 e. The van der Waals surface area contributed by atoms with Gasteiger partial charge in [-0.05, 0) is 0 Å². The summed E-state index contributed by atoms with van der Waals surface area (Å²) in [7, 11) is 0. The van der Waals surface area contributed by atoms with Gasteiger partial charge in [-0.1, -0.05) is 0 Å². The molecule has 1 aliphatic rings. The smallest absolute Gasteiger partial charge is 0.217 e. The third-order valence-corrected chi connectivity index (χ3v) is 1.88. The Morgan fingerprint density at radius 1 is 1.46 bits per heavy atom. The average molecular weight is 191 g/mol. The molecule has 6 heteroatoms. The van der Waals surface area contributed by atoms with E-state index < -0.39 is 24.5 Å². The summed E-state index contributed by atoms with van der Waals surface area (Å²) in [6.07, 6.45) is -3.66. The van der Waals surface area contributed by atoms with Crippen LogP contribution in [0, 0.1) is 0 Å². The minimum absolute atomic E-state index is 0.108. The highest BCUT2D eigenvalue weighted by atomic mass is 16.6. The average Bonchev–Trinajstić information content (AvgIpc) is 2.05. The van der Waals surface area contributed by atoms with Crippen molar-refractivity contribution in [2.24, 2.45) is 0 Å². The van der Waals surface area contributed by atoms with Gasteiger partial charge in [0, 0.05) is 6.92 Å². The van der Waals surface area contributed by atoms with Gasteiger partial charge in [-0.25, -0.2) is 0 Å². The maximum absolute atomic E-state index is 10.7. The zero-order valence-electron chi connectivity index (χ0n) is 7.17. The zero-order chi connectivity index (χ0) is 10.0. The van der Waals surface area contributed by atoms with Gasteiger partial charge >= 0.3 is 0 Å². The molecule has 1 rings (SSSR count). The van der Waals surface area contributed by atoms with Crippen LogP contribution in [0.2, 0.25) is 0 Å². The van der Waals surface area contributed by atoms with Crippen molar-refractivity contribution in [3.63, 3.8) is 0 Å². The number of nitrogens with one attached hydrogen (secondary N) is 1. The Labute approximate surface area is 75.1 Å². The van der Waals surface area contributed by atoms with Crippen LogP contribution in [0.15, 0.2) is 0 Å². The third-order valence-electron chi connectivity index (χ3n) is 1.88. The molecule has 0 spiro atoms. The molecule has 0 aromatic carbocycles. The lowest BCUT2D eigenvalue weighted by molar-refractivity contribution is -0.223. The van der Waals surface area contributed by atoms with E-state index in [1.807, 2.05) is 0 Å². The molecular weight excluding hydrogens is 178 g/mol. The molecule has 4 N–H and O–H groups in total. The van der Waals surface area contributed by atoms with Gasteiger partial charge in [0.05, 0.1) is 12.6 Å². The normalized spacial score (nSPS) is 40.0. The second kappa shape index (κ2) is 4.01. The van der Waals surface area contributed by atoms with Crippen LogP contribution in [0.1, 0.15) is 6.92 Å². The highest BCUT2D eigenvalue weighted by Gasteiger charge is 2.38. The van der Waals surface area contributed by atoms with E-state index in [2.05, 4.69) is 10.1 Å². The van der Waals surface area contributed by atoms with Crippen LogP contribution in [0.25, 0.3) is 0 Å². The maximum atomic E-state index is 10.7. The summed E-state index contributed by atoms with van der Waals surface area (Å²) in [6.45, 7) is 1.16. The van der Waals surface area contributed by atoms with E-state index >= 15 is 0 Å². The number of rotatable bonds is 1. The number of carbonyl (C=O) groups excluding carboxylic acids is 1. The van der Waals surface area contributed by atoms with E-state index in [4.69, 9.17) is 5.11 Å². The monoisotopic (exact) mass is 191 g/mol. The molecular formula is C7H13NO5. The van der Waals surface area contributed by atoms with Gasteiger partial charge in [-0.2, -0.15) is 0 Å². The number of aliphatic hydroxyl groups is 3. The topological polar surface area (TPSA) is 99.0 Å². The SMILES string of the molecule is CC(=O)N[C@H]1[C@@H](O)[C@H](O)OC[C@H]1O. The summed E-state index contributed by atoms with van der Waals surface area (Å²) in [6, 6.07) is -0.874. The van der Waals surface area contributed by atoms with Crippen molar-refractivity contribution in [2.45, 2.75) is 31.5 Å². The summed E-state index contributed by atoms with van der Waals surface area (Å²) in [5, 5.41) is 30.0. The number of amides is 1. The van der Waals surface area contributed by atoms with Crippen LogP contribution in [0.5, 0.6) is 0 Å². The summed E-state index contributed by atoms with van der Waals surface area (Å²) in [5.41, 5.74) is 0. The molecule has 0 saturated carbocycles. The quantitative estimate of drug-likeness (QED) is 0.369. The lowest BCUT2D eigenvalue weighted by Crippen LogP contribution is -2.60. The summed E-state index contributed by atoms with van der Waals surface area (Å²) < 4.78 is 4.62. The van der Waals surface area contributed by atoms with Crippen LogP contribution < -0.4 is 5.32 Å². The largest absolute Gasteiger partial charge is 0.388 e. The molecule has 0 unspecified atom stereocenters. The number of hydrogen-bond donors (Lipinski definition) is 4. The second-order valence-corrected chi connectivity index (χ2v) is 3.01. The fraction of sp³-hybridized carbons (Fsp3) is 0.857. The Hall–Kier alpha value is -0.690. The first kappa shape index (κ1) is 10.4. The predicted octanol–water partition coefficient (Wildman–Crippen LogP) is -2.44. The molecule has 76 valence electrons. The first-order valence-electron chi connectivity index (χ1n) is 3.95. The molecule has 0 bridgehead atoms. The standard InChI is InChI=1S/C7H13NO5/c1-3(9)8-5-4(10)2-13-7(12)6(5)11/h4-7,10-12H,2H2,1H3,(H,8,9)/t4-,5-,6-,7-/m1/s1. The molecule has 0 aliphatic carbocycles. The van der Waals surface area contributed by atoms with Gasteiger partial charge in [0.15, 0.2) is 6.29 Å². The van der Waals surface area contributed by atoms with Crippen molar-refractivity contribution >= 4 is 5.91 Å². The first-order valence-corrected chi connectivity index (χ1v) is 3.95. The minimum atomic E-state index is -1.36. The Kier molecular flexibility index (Phi) is 3.21. The fourth-order valence-corrected chi connectivity index (χ4v) is 1.22. The second-order valence-electron chi connectivity index (χ2n) is 3.01. The zero-order valence-corrected chi connectivity index (χ0v) is 7.17. The van der Waals surface area contributed by atoms with E-state index in [1.165, 1.54) is 6.92 Å². The molecule has 6 nitrogen and oxygen atoms in total. The lowest BCUT2D eigenvalue weighted by atomic mass is 10.0. The van der Waals surface area contributed by atoms with Crippen molar-refractivity contribution < 1.29 is 24.9 Å². The van der Waals surface area contributed by atoms with Crippen molar-refractivity contribution in [2.75, 3.05) is 6.61 Å². The Morgan fingerprint density at radius 3 is 2.62 bits per heavy atom. The van der Waals surface area contributed by atoms with Crippen molar-refractivity contribution in [3.05, 3.63) is 0 Å². The maximum Gasteiger partial charge on any atom is 0.217 e. The third kappa shape index (κ3) is 2.38. The number of aliphatic hydroxyl groups excluding tert-OH is 3. The molecule has 1 saturated heterocycles. The lowest BCUT2D eigenvalue weighted by Gasteiger charge is -2.35. The molecule has 4 atom stereocenters. The van der Waals surface area contributed by atoms with Crippen LogP contribution in [0.4, 0.5) is 0 Å². The molecule has 0 aromatic rings. The highest BCUT2D eigenvalue weighted by Crippen LogP contribution is 2.13. The fourth-order valence-electron chi connectivity index (χ4n) is 1.22. The van der Waals surface area contributed by atoms with Gasteiger partial charge in [-0.3, -0.25) is 4.79 Å². The Balaban J connectivity index is 2.60. The van der Waals surface area contributed by atoms with Gasteiger partial charge < -0.3 is 25.4 Å². The van der Waals surface area contributed by atoms with Crippen molar-refractivity contribution in [1.82, 2.24) is 5.32 Å². The summed E-state index contributed by atoms with van der Waals surface area (Å²) in [5.74, 6) is -0.378. The van der Waals surface area contributed by atoms with Crippen LogP contribution >= 0.6 is 0 Å². The van der Waals surface area contributed by atoms with E-state index in [-0.39, 0.29) is 12.5 Å². The Bertz CT molecular complexity index is 197. The molecule has 0 radical (unpaired) electrons. The molecule has 1 fully saturated rings. The summed E-state index contributed by atoms with van der Waals surface area (Å²) >= 11 is 0. The number of carbonyl (C=O) groups is 1. The molecule has 1 amide bonds. The van der Waals surface area contributed by atoms with Crippen molar-refractivity contribution in [3.8, 4) is 0 Å². The van der Waals surface area contributed by atoms with Gasteiger partial charge in [-0.15, -0.1) is 0 Å². The van der Waals surface area contributed by atoms with Crippen LogP contribution in [-0.2, 0) is 9.53 Å². The van der Waals surface area contributed by atoms with E-state index in [9.17, 15) is 15.0 Å². The number of hydrogen-bond acceptors (Lipinski definition) is 5. The molecule has 13 heavy (non-hydrogen) atoms.